The van der Waals surface area contributed by atoms with Gasteiger partial charge < -0.3 is 10.8 Å². The number of carboxylic acid groups (broad SMARTS) is 1. The van der Waals surface area contributed by atoms with E-state index in [2.05, 4.69) is 0 Å². The summed E-state index contributed by atoms with van der Waals surface area (Å²) in [6.45, 7) is 2.01. The lowest BCUT2D eigenvalue weighted by Crippen LogP contribution is -2.29. The Balaban J connectivity index is 3.21. The molecule has 1 radical (unpaired) electrons. The molecular weight excluding hydrogens is 150 g/mol. The number of carbonyl (C=O) groups is 1. The van der Waals surface area contributed by atoms with E-state index in [1.165, 1.54) is 0 Å². The van der Waals surface area contributed by atoms with Crippen molar-refractivity contribution in [2.45, 2.75) is 19.4 Å². The van der Waals surface area contributed by atoms with Crippen LogP contribution in [0.5, 0.6) is 0 Å². The molecule has 0 saturated carbocycles. The first-order chi connectivity index (χ1) is 4.68. The second kappa shape index (κ2) is 5.56. The van der Waals surface area contributed by atoms with Gasteiger partial charge in [-0.3, -0.25) is 4.79 Å². The molecule has 0 aromatic rings. The Hall–Kier alpha value is -0.220. The molecular formula is C6H12NO2S. The van der Waals surface area contributed by atoms with Gasteiger partial charge in [0.15, 0.2) is 0 Å². The molecule has 0 aliphatic carbocycles. The quantitative estimate of drug-likeness (QED) is 0.584. The van der Waals surface area contributed by atoms with Crippen LogP contribution in [-0.4, -0.2) is 22.9 Å². The van der Waals surface area contributed by atoms with Gasteiger partial charge in [-0.2, -0.15) is 11.8 Å². The lowest BCUT2D eigenvalue weighted by Gasteiger charge is -2.03. The summed E-state index contributed by atoms with van der Waals surface area (Å²) in [5.41, 5.74) is 5.21. The zero-order valence-electron chi connectivity index (χ0n) is 5.91. The Kier molecular flexibility index (Phi) is 5.43. The molecule has 0 spiro atoms. The van der Waals surface area contributed by atoms with Gasteiger partial charge in [0.1, 0.15) is 6.04 Å². The summed E-state index contributed by atoms with van der Waals surface area (Å²) < 4.78 is 0. The van der Waals surface area contributed by atoms with Crippen LogP contribution in [0.4, 0.5) is 0 Å². The molecule has 1 unspecified atom stereocenters. The molecule has 0 aromatic heterocycles. The van der Waals surface area contributed by atoms with E-state index in [4.69, 9.17) is 10.8 Å². The van der Waals surface area contributed by atoms with Crippen LogP contribution in [0.25, 0.3) is 0 Å². The standard InChI is InChI=1S/C6H12NO2S/c1-2-10-4-3-5(7)6(8)9/h4-5H,2-3,7H2,1H3,(H,8,9). The molecule has 59 valence electrons. The fourth-order valence-electron chi connectivity index (χ4n) is 0.390. The number of aliphatic carboxylic acids is 1. The van der Waals surface area contributed by atoms with Gasteiger partial charge in [0, 0.05) is 5.75 Å². The van der Waals surface area contributed by atoms with Crippen molar-refractivity contribution in [1.82, 2.24) is 0 Å². The molecule has 0 saturated heterocycles. The lowest BCUT2D eigenvalue weighted by atomic mass is 10.2. The topological polar surface area (TPSA) is 63.3 Å². The Morgan fingerprint density at radius 1 is 1.90 bits per heavy atom. The molecule has 10 heavy (non-hydrogen) atoms. The van der Waals surface area contributed by atoms with Gasteiger partial charge in [-0.15, -0.1) is 0 Å². The van der Waals surface area contributed by atoms with Gasteiger partial charge in [0.2, 0.25) is 0 Å². The van der Waals surface area contributed by atoms with Gasteiger partial charge in [-0.05, 0) is 12.2 Å². The summed E-state index contributed by atoms with van der Waals surface area (Å²) in [5.74, 6) is 1.86. The minimum absolute atomic E-state index is 0.438. The summed E-state index contributed by atoms with van der Waals surface area (Å²) in [5, 5.41) is 8.33. The monoisotopic (exact) mass is 162 g/mol. The van der Waals surface area contributed by atoms with Crippen molar-refractivity contribution < 1.29 is 9.90 Å². The van der Waals surface area contributed by atoms with Crippen LogP contribution >= 0.6 is 11.8 Å². The summed E-state index contributed by atoms with van der Waals surface area (Å²) in [7, 11) is 0. The number of nitrogens with two attached hydrogens (primary N) is 1. The van der Waals surface area contributed by atoms with Gasteiger partial charge in [-0.1, -0.05) is 6.92 Å². The number of hydrogen-bond acceptors (Lipinski definition) is 3. The first kappa shape index (κ1) is 9.78. The summed E-state index contributed by atoms with van der Waals surface area (Å²) in [6.07, 6.45) is 0.438. The summed E-state index contributed by atoms with van der Waals surface area (Å²) >= 11 is 1.59. The highest BCUT2D eigenvalue weighted by Gasteiger charge is 2.09. The minimum Gasteiger partial charge on any atom is -0.480 e. The van der Waals surface area contributed by atoms with Crippen molar-refractivity contribution in [3.8, 4) is 0 Å². The fourth-order valence-corrected chi connectivity index (χ4v) is 0.969. The van der Waals surface area contributed by atoms with E-state index in [0.717, 1.165) is 5.75 Å². The highest BCUT2D eigenvalue weighted by Crippen LogP contribution is 2.08. The van der Waals surface area contributed by atoms with E-state index in [9.17, 15) is 4.79 Å². The highest BCUT2D eigenvalue weighted by molar-refractivity contribution is 8.01. The molecule has 0 aliphatic heterocycles. The minimum atomic E-state index is -0.937. The maximum absolute atomic E-state index is 10.1. The van der Waals surface area contributed by atoms with Gasteiger partial charge in [0.05, 0.1) is 0 Å². The van der Waals surface area contributed by atoms with E-state index in [1.54, 1.807) is 11.8 Å². The third kappa shape index (κ3) is 4.64. The van der Waals surface area contributed by atoms with Crippen molar-refractivity contribution in [2.24, 2.45) is 5.73 Å². The SMILES string of the molecule is CCS[CH]CC(N)C(=O)O. The molecule has 4 heteroatoms. The van der Waals surface area contributed by atoms with Crippen LogP contribution in [-0.2, 0) is 4.79 Å². The molecule has 1 atom stereocenters. The molecule has 0 rings (SSSR count). The van der Waals surface area contributed by atoms with Gasteiger partial charge >= 0.3 is 5.97 Å². The molecule has 3 N–H and O–H groups in total. The van der Waals surface area contributed by atoms with Crippen LogP contribution in [0.2, 0.25) is 0 Å². The Morgan fingerprint density at radius 2 is 2.50 bits per heavy atom. The van der Waals surface area contributed by atoms with Crippen molar-refractivity contribution in [1.29, 1.82) is 0 Å². The molecule has 0 amide bonds. The summed E-state index contributed by atoms with van der Waals surface area (Å²) in [6, 6.07) is -0.737. The number of carboxylic acids is 1. The third-order valence-corrected chi connectivity index (χ3v) is 1.71. The van der Waals surface area contributed by atoms with Gasteiger partial charge in [-0.25, -0.2) is 0 Å². The molecule has 3 nitrogen and oxygen atoms in total. The van der Waals surface area contributed by atoms with Gasteiger partial charge in [0.25, 0.3) is 0 Å². The average Bonchev–Trinajstić information content (AvgIpc) is 1.88. The Bertz CT molecular complexity index is 108. The van der Waals surface area contributed by atoms with Crippen LogP contribution in [0.1, 0.15) is 13.3 Å². The fraction of sp³-hybridized carbons (Fsp3) is 0.667. The zero-order chi connectivity index (χ0) is 7.98. The molecule has 0 heterocycles. The smallest absolute Gasteiger partial charge is 0.320 e. The first-order valence-electron chi connectivity index (χ1n) is 3.10. The first-order valence-corrected chi connectivity index (χ1v) is 4.15. The van der Waals surface area contributed by atoms with E-state index in [-0.39, 0.29) is 0 Å². The Morgan fingerprint density at radius 3 is 2.90 bits per heavy atom. The maximum atomic E-state index is 10.1. The van der Waals surface area contributed by atoms with E-state index in [1.807, 2.05) is 12.7 Å². The molecule has 0 bridgehead atoms. The second-order valence-electron chi connectivity index (χ2n) is 1.80. The Labute approximate surface area is 65.0 Å². The maximum Gasteiger partial charge on any atom is 0.320 e. The second-order valence-corrected chi connectivity index (χ2v) is 3.05. The number of thioether (sulfide) groups is 1. The molecule has 0 fully saturated rings. The largest absolute Gasteiger partial charge is 0.480 e. The highest BCUT2D eigenvalue weighted by atomic mass is 32.2. The van der Waals surface area contributed by atoms with Crippen molar-refractivity contribution >= 4 is 17.7 Å². The number of rotatable bonds is 5. The average molecular weight is 162 g/mol. The van der Waals surface area contributed by atoms with Crippen LogP contribution in [0.3, 0.4) is 0 Å². The summed E-state index contributed by atoms with van der Waals surface area (Å²) in [4.78, 5) is 10.1. The van der Waals surface area contributed by atoms with Crippen molar-refractivity contribution in [3.05, 3.63) is 5.75 Å². The zero-order valence-corrected chi connectivity index (χ0v) is 6.73. The third-order valence-electron chi connectivity index (χ3n) is 0.952. The van der Waals surface area contributed by atoms with Crippen LogP contribution in [0, 0.1) is 5.75 Å². The van der Waals surface area contributed by atoms with Crippen LogP contribution < -0.4 is 5.73 Å². The van der Waals surface area contributed by atoms with E-state index in [0.29, 0.717) is 6.42 Å². The number of hydrogen-bond donors (Lipinski definition) is 2. The normalized spacial score (nSPS) is 13.0. The molecule has 0 aromatic carbocycles. The van der Waals surface area contributed by atoms with E-state index < -0.39 is 12.0 Å². The van der Waals surface area contributed by atoms with E-state index >= 15 is 0 Å². The van der Waals surface area contributed by atoms with Crippen LogP contribution in [0.15, 0.2) is 0 Å². The molecule has 0 aliphatic rings. The lowest BCUT2D eigenvalue weighted by molar-refractivity contribution is -0.138. The van der Waals surface area contributed by atoms with Crippen molar-refractivity contribution in [3.63, 3.8) is 0 Å². The van der Waals surface area contributed by atoms with Crippen molar-refractivity contribution in [2.75, 3.05) is 5.75 Å². The predicted molar refractivity (Wildman–Crippen MR) is 42.7 cm³/mol. The predicted octanol–water partition coefficient (Wildman–Crippen LogP) is 0.703.